The van der Waals surface area contributed by atoms with Crippen LogP contribution in [0.1, 0.15) is 36.1 Å². The Balaban J connectivity index is 2.24. The molecule has 2 heterocycles. The fourth-order valence-corrected chi connectivity index (χ4v) is 3.17. The molecule has 2 unspecified atom stereocenters. The summed E-state index contributed by atoms with van der Waals surface area (Å²) in [6, 6.07) is 4.63. The van der Waals surface area contributed by atoms with Crippen LogP contribution in [0.5, 0.6) is 0 Å². The van der Waals surface area contributed by atoms with Gasteiger partial charge in [-0.3, -0.25) is 0 Å². The maximum Gasteiger partial charge on any atom is 0.128 e. The number of fused-ring (bicyclic) bond motifs is 1. The van der Waals surface area contributed by atoms with Gasteiger partial charge in [-0.1, -0.05) is 0 Å². The molecule has 3 nitrogen and oxygen atoms in total. The lowest BCUT2D eigenvalue weighted by Crippen LogP contribution is -2.11. The molecular weight excluding hydrogens is 297 g/mol. The van der Waals surface area contributed by atoms with Crippen LogP contribution in [-0.4, -0.2) is 14.5 Å². The van der Waals surface area contributed by atoms with Crippen LogP contribution in [0.3, 0.4) is 0 Å². The van der Waals surface area contributed by atoms with E-state index in [9.17, 15) is 4.39 Å². The Kier molecular flexibility index (Phi) is 3.48. The average molecular weight is 310 g/mol. The Labute approximate surface area is 125 Å². The van der Waals surface area contributed by atoms with E-state index in [1.807, 2.05) is 23.8 Å². The summed E-state index contributed by atoms with van der Waals surface area (Å²) >= 11 is 7.82. The van der Waals surface area contributed by atoms with Crippen molar-refractivity contribution < 1.29 is 4.39 Å². The van der Waals surface area contributed by atoms with Gasteiger partial charge >= 0.3 is 0 Å². The van der Waals surface area contributed by atoms with Gasteiger partial charge in [-0.15, -0.1) is 22.9 Å². The first-order valence-corrected chi connectivity index (χ1v) is 7.60. The minimum absolute atomic E-state index is 0.0154. The number of nitrogens with zero attached hydrogens (tertiary/aromatic N) is 3. The Morgan fingerprint density at radius 2 is 2.15 bits per heavy atom. The highest BCUT2D eigenvalue weighted by atomic mass is 35.5. The topological polar surface area (TPSA) is 30.7 Å². The van der Waals surface area contributed by atoms with Crippen LogP contribution in [0.15, 0.2) is 29.8 Å². The molecule has 104 valence electrons. The zero-order chi connectivity index (χ0) is 14.3. The van der Waals surface area contributed by atoms with Crippen molar-refractivity contribution in [2.45, 2.75) is 25.3 Å². The largest absolute Gasteiger partial charge is 0.317 e. The van der Waals surface area contributed by atoms with Crippen LogP contribution in [0.4, 0.5) is 4.39 Å². The molecule has 0 saturated heterocycles. The number of alkyl halides is 1. The fraction of sp³-hybridized carbons (Fsp3) is 0.286. The summed E-state index contributed by atoms with van der Waals surface area (Å²) in [5.41, 5.74) is 1.49. The molecule has 1 aromatic carbocycles. The van der Waals surface area contributed by atoms with Crippen molar-refractivity contribution in [3.05, 3.63) is 46.4 Å². The Morgan fingerprint density at radius 1 is 1.35 bits per heavy atom. The molecule has 0 spiro atoms. The quantitative estimate of drug-likeness (QED) is 0.665. The van der Waals surface area contributed by atoms with Gasteiger partial charge in [0.15, 0.2) is 0 Å². The van der Waals surface area contributed by atoms with Crippen LogP contribution in [0, 0.1) is 5.82 Å². The number of imidazole rings is 1. The van der Waals surface area contributed by atoms with E-state index in [-0.39, 0.29) is 17.2 Å². The molecule has 3 rings (SSSR count). The normalized spacial score (nSPS) is 14.6. The van der Waals surface area contributed by atoms with E-state index in [1.165, 1.54) is 12.1 Å². The zero-order valence-electron chi connectivity index (χ0n) is 11.0. The van der Waals surface area contributed by atoms with Crippen molar-refractivity contribution in [2.75, 3.05) is 0 Å². The van der Waals surface area contributed by atoms with Crippen molar-refractivity contribution >= 4 is 34.0 Å². The number of halogens is 2. The summed E-state index contributed by atoms with van der Waals surface area (Å²) < 4.78 is 15.4. The molecule has 0 aliphatic heterocycles. The monoisotopic (exact) mass is 309 g/mol. The molecule has 0 amide bonds. The van der Waals surface area contributed by atoms with E-state index in [0.29, 0.717) is 5.52 Å². The lowest BCUT2D eigenvalue weighted by molar-refractivity contribution is 0.614. The molecule has 20 heavy (non-hydrogen) atoms. The molecular formula is C14H13ClFN3S. The van der Waals surface area contributed by atoms with Crippen molar-refractivity contribution in [2.24, 2.45) is 0 Å². The summed E-state index contributed by atoms with van der Waals surface area (Å²) in [6.07, 6.45) is 1.78. The minimum atomic E-state index is -0.294. The van der Waals surface area contributed by atoms with Crippen LogP contribution in [-0.2, 0) is 0 Å². The van der Waals surface area contributed by atoms with Gasteiger partial charge in [0, 0.05) is 17.6 Å². The molecule has 2 aromatic heterocycles. The first-order valence-electron chi connectivity index (χ1n) is 6.28. The second-order valence-electron chi connectivity index (χ2n) is 4.64. The lowest BCUT2D eigenvalue weighted by atomic mass is 10.2. The minimum Gasteiger partial charge on any atom is -0.317 e. The Morgan fingerprint density at radius 3 is 2.80 bits per heavy atom. The second kappa shape index (κ2) is 5.14. The van der Waals surface area contributed by atoms with E-state index >= 15 is 0 Å². The van der Waals surface area contributed by atoms with Crippen molar-refractivity contribution in [1.82, 2.24) is 14.5 Å². The zero-order valence-corrected chi connectivity index (χ0v) is 12.6. The van der Waals surface area contributed by atoms with E-state index in [0.717, 1.165) is 16.3 Å². The lowest BCUT2D eigenvalue weighted by Gasteiger charge is -2.16. The molecule has 0 bridgehead atoms. The van der Waals surface area contributed by atoms with Gasteiger partial charge in [-0.2, -0.15) is 0 Å². The third-order valence-electron chi connectivity index (χ3n) is 3.23. The van der Waals surface area contributed by atoms with E-state index in [2.05, 4.69) is 9.97 Å². The predicted octanol–water partition coefficient (Wildman–Crippen LogP) is 4.54. The van der Waals surface area contributed by atoms with Gasteiger partial charge in [0.2, 0.25) is 0 Å². The molecule has 0 aliphatic rings. The molecule has 6 heteroatoms. The standard InChI is InChI=1S/C14H13ClFN3S/c1-8(15)13-18-11-7-10(16)3-4-12(11)19(13)9(2)14-17-5-6-20-14/h3-9H,1-2H3. The summed E-state index contributed by atoms with van der Waals surface area (Å²) in [5.74, 6) is 0.438. The Hall–Kier alpha value is -1.46. The van der Waals surface area contributed by atoms with Crippen molar-refractivity contribution in [3.8, 4) is 0 Å². The summed E-state index contributed by atoms with van der Waals surface area (Å²) in [6.45, 7) is 3.91. The summed E-state index contributed by atoms with van der Waals surface area (Å²) in [4.78, 5) is 8.82. The highest BCUT2D eigenvalue weighted by Crippen LogP contribution is 2.31. The number of rotatable bonds is 3. The highest BCUT2D eigenvalue weighted by Gasteiger charge is 2.21. The number of hydrogen-bond donors (Lipinski definition) is 0. The summed E-state index contributed by atoms with van der Waals surface area (Å²) in [7, 11) is 0. The van der Waals surface area contributed by atoms with Crippen LogP contribution in [0.25, 0.3) is 11.0 Å². The van der Waals surface area contributed by atoms with Gasteiger partial charge in [0.05, 0.1) is 22.5 Å². The van der Waals surface area contributed by atoms with E-state index in [1.54, 1.807) is 23.6 Å². The third-order valence-corrected chi connectivity index (χ3v) is 4.37. The molecule has 2 atom stereocenters. The first kappa shape index (κ1) is 13.5. The molecule has 0 aliphatic carbocycles. The third kappa shape index (κ3) is 2.21. The fourth-order valence-electron chi connectivity index (χ4n) is 2.33. The number of hydrogen-bond acceptors (Lipinski definition) is 3. The number of aromatic nitrogens is 3. The highest BCUT2D eigenvalue weighted by molar-refractivity contribution is 7.09. The van der Waals surface area contributed by atoms with Gasteiger partial charge in [-0.25, -0.2) is 14.4 Å². The molecule has 3 aromatic rings. The van der Waals surface area contributed by atoms with E-state index < -0.39 is 0 Å². The molecule has 0 radical (unpaired) electrons. The first-order chi connectivity index (χ1) is 9.58. The van der Waals surface area contributed by atoms with Crippen LogP contribution < -0.4 is 0 Å². The van der Waals surface area contributed by atoms with Gasteiger partial charge in [-0.05, 0) is 26.0 Å². The van der Waals surface area contributed by atoms with Crippen LogP contribution >= 0.6 is 22.9 Å². The average Bonchev–Trinajstić information content (AvgIpc) is 3.04. The van der Waals surface area contributed by atoms with Crippen molar-refractivity contribution in [1.29, 1.82) is 0 Å². The van der Waals surface area contributed by atoms with Gasteiger partial charge in [0.25, 0.3) is 0 Å². The maximum absolute atomic E-state index is 13.4. The maximum atomic E-state index is 13.4. The number of benzene rings is 1. The SMILES string of the molecule is CC(Cl)c1nc2cc(F)ccc2n1C(C)c1nccs1. The number of thiazole rings is 1. The molecule has 0 N–H and O–H groups in total. The Bertz CT molecular complexity index is 736. The molecule has 0 fully saturated rings. The molecule has 0 saturated carbocycles. The van der Waals surface area contributed by atoms with E-state index in [4.69, 9.17) is 11.6 Å². The van der Waals surface area contributed by atoms with Gasteiger partial charge < -0.3 is 4.57 Å². The smallest absolute Gasteiger partial charge is 0.128 e. The van der Waals surface area contributed by atoms with Crippen molar-refractivity contribution in [3.63, 3.8) is 0 Å². The van der Waals surface area contributed by atoms with Crippen LogP contribution in [0.2, 0.25) is 0 Å². The second-order valence-corrected chi connectivity index (χ2v) is 6.22. The van der Waals surface area contributed by atoms with Gasteiger partial charge in [0.1, 0.15) is 16.6 Å². The summed E-state index contributed by atoms with van der Waals surface area (Å²) in [5, 5.41) is 2.66. The predicted molar refractivity (Wildman–Crippen MR) is 79.9 cm³/mol.